The Labute approximate surface area is 196 Å². The molecule has 33 heavy (non-hydrogen) atoms. The van der Waals surface area contributed by atoms with Gasteiger partial charge in [0.25, 0.3) is 0 Å². The predicted molar refractivity (Wildman–Crippen MR) is 125 cm³/mol. The van der Waals surface area contributed by atoms with Crippen LogP contribution in [0.25, 0.3) is 11.4 Å². The molecule has 0 spiro atoms. The van der Waals surface area contributed by atoms with Gasteiger partial charge in [-0.15, -0.1) is 5.10 Å². The predicted octanol–water partition coefficient (Wildman–Crippen LogP) is 4.47. The summed E-state index contributed by atoms with van der Waals surface area (Å²) >= 11 is 6.00. The third kappa shape index (κ3) is 4.34. The maximum absolute atomic E-state index is 14.5. The molecular weight excluding hydrogens is 443 g/mol. The lowest BCUT2D eigenvalue weighted by atomic mass is 9.78. The third-order valence-corrected chi connectivity index (χ3v) is 7.06. The van der Waals surface area contributed by atoms with Crippen LogP contribution < -0.4 is 11.0 Å². The Morgan fingerprint density at radius 1 is 1.12 bits per heavy atom. The Balaban J connectivity index is 1.35. The fraction of sp³-hybridized carbons (Fsp3) is 0.400. The van der Waals surface area contributed by atoms with Crippen molar-refractivity contribution < 1.29 is 9.18 Å². The molecule has 0 aliphatic heterocycles. The average molecular weight is 469 g/mol. The van der Waals surface area contributed by atoms with Crippen LogP contribution in [0.15, 0.2) is 53.3 Å². The summed E-state index contributed by atoms with van der Waals surface area (Å²) in [5.74, 6) is 0.00838. The van der Waals surface area contributed by atoms with E-state index in [1.807, 2.05) is 24.3 Å². The zero-order chi connectivity index (χ0) is 23.0. The van der Waals surface area contributed by atoms with E-state index < -0.39 is 5.41 Å². The van der Waals surface area contributed by atoms with Gasteiger partial charge in [0.15, 0.2) is 5.82 Å². The molecule has 3 aromatic rings. The van der Waals surface area contributed by atoms with Gasteiger partial charge in [0.2, 0.25) is 5.91 Å². The Bertz CT molecular complexity index is 1220. The van der Waals surface area contributed by atoms with Crippen molar-refractivity contribution in [3.63, 3.8) is 0 Å². The quantitative estimate of drug-likeness (QED) is 0.556. The molecule has 2 saturated carbocycles. The lowest BCUT2D eigenvalue weighted by Gasteiger charge is -2.30. The molecule has 0 unspecified atom stereocenters. The van der Waals surface area contributed by atoms with Crippen LogP contribution in [0, 0.1) is 5.82 Å². The maximum Gasteiger partial charge on any atom is 0.346 e. The molecule has 6 nitrogen and oxygen atoms in total. The zero-order valence-corrected chi connectivity index (χ0v) is 19.0. The van der Waals surface area contributed by atoms with Gasteiger partial charge >= 0.3 is 5.69 Å². The number of halogens is 2. The molecule has 1 N–H and O–H groups in total. The average Bonchev–Trinajstić information content (AvgIpc) is 3.44. The van der Waals surface area contributed by atoms with Gasteiger partial charge in [-0.25, -0.2) is 13.9 Å². The van der Waals surface area contributed by atoms with Crippen molar-refractivity contribution in [3.05, 3.63) is 75.4 Å². The Hall–Kier alpha value is -2.93. The molecule has 8 heteroatoms. The molecule has 0 saturated heterocycles. The summed E-state index contributed by atoms with van der Waals surface area (Å²) in [6, 6.07) is 14.1. The van der Waals surface area contributed by atoms with Gasteiger partial charge in [0, 0.05) is 28.6 Å². The summed E-state index contributed by atoms with van der Waals surface area (Å²) in [6.07, 6.45) is 5.49. The smallest absolute Gasteiger partial charge is 0.346 e. The summed E-state index contributed by atoms with van der Waals surface area (Å²) < 4.78 is 17.4. The second-order valence-electron chi connectivity index (χ2n) is 9.12. The fourth-order valence-electron chi connectivity index (χ4n) is 4.92. The Morgan fingerprint density at radius 3 is 2.48 bits per heavy atom. The van der Waals surface area contributed by atoms with Crippen LogP contribution in [0.1, 0.15) is 50.1 Å². The van der Waals surface area contributed by atoms with E-state index in [1.165, 1.54) is 10.7 Å². The van der Waals surface area contributed by atoms with Crippen molar-refractivity contribution in [1.82, 2.24) is 19.7 Å². The number of aromatic nitrogens is 3. The van der Waals surface area contributed by atoms with Crippen LogP contribution in [0.3, 0.4) is 0 Å². The molecule has 0 radical (unpaired) electrons. The molecular formula is C25H26ClFN4O2. The molecule has 2 aliphatic rings. The minimum Gasteiger partial charge on any atom is -0.354 e. The number of amides is 1. The number of nitrogens with one attached hydrogen (secondary N) is 1. The van der Waals surface area contributed by atoms with Crippen LogP contribution in [0.5, 0.6) is 0 Å². The minimum absolute atomic E-state index is 0.114. The summed E-state index contributed by atoms with van der Waals surface area (Å²) in [4.78, 5) is 25.9. The highest BCUT2D eigenvalue weighted by Crippen LogP contribution is 2.41. The first-order valence-electron chi connectivity index (χ1n) is 11.4. The van der Waals surface area contributed by atoms with Crippen molar-refractivity contribution in [2.75, 3.05) is 6.54 Å². The van der Waals surface area contributed by atoms with Gasteiger partial charge < -0.3 is 5.32 Å². The number of carbonyl (C=O) groups is 1. The normalized spacial score (nSPS) is 17.3. The lowest BCUT2D eigenvalue weighted by Crippen LogP contribution is -2.42. The lowest BCUT2D eigenvalue weighted by molar-refractivity contribution is -0.122. The number of hydrogen-bond donors (Lipinski definition) is 1. The topological polar surface area (TPSA) is 68.9 Å². The molecule has 5 rings (SSSR count). The molecule has 2 aliphatic carbocycles. The van der Waals surface area contributed by atoms with Crippen LogP contribution in [-0.2, 0) is 16.8 Å². The fourth-order valence-corrected chi connectivity index (χ4v) is 5.05. The Morgan fingerprint density at radius 2 is 1.82 bits per heavy atom. The molecule has 172 valence electrons. The second-order valence-corrected chi connectivity index (χ2v) is 9.55. The number of carbonyl (C=O) groups excluding carboxylic acids is 1. The van der Waals surface area contributed by atoms with Crippen LogP contribution in [-0.4, -0.2) is 26.8 Å². The summed E-state index contributed by atoms with van der Waals surface area (Å²) in [5, 5.41) is 8.04. The Kier molecular flexibility index (Phi) is 5.83. The van der Waals surface area contributed by atoms with E-state index in [0.717, 1.165) is 44.1 Å². The van der Waals surface area contributed by atoms with Gasteiger partial charge in [0.1, 0.15) is 12.4 Å². The highest BCUT2D eigenvalue weighted by molar-refractivity contribution is 6.30. The minimum atomic E-state index is -0.409. The molecule has 1 aromatic heterocycles. The highest BCUT2D eigenvalue weighted by atomic mass is 35.5. The van der Waals surface area contributed by atoms with Gasteiger partial charge in [-0.1, -0.05) is 42.6 Å². The van der Waals surface area contributed by atoms with Crippen molar-refractivity contribution in [3.8, 4) is 11.4 Å². The van der Waals surface area contributed by atoms with Crippen LogP contribution >= 0.6 is 11.6 Å². The first kappa shape index (κ1) is 21.9. The summed E-state index contributed by atoms with van der Waals surface area (Å²) in [6.45, 7) is 0.168. The van der Waals surface area contributed by atoms with E-state index in [1.54, 1.807) is 22.8 Å². The number of hydrogen-bond acceptors (Lipinski definition) is 3. The van der Waals surface area contributed by atoms with E-state index >= 15 is 0 Å². The first-order valence-corrected chi connectivity index (χ1v) is 11.8. The largest absolute Gasteiger partial charge is 0.354 e. The zero-order valence-electron chi connectivity index (χ0n) is 18.3. The maximum atomic E-state index is 14.5. The van der Waals surface area contributed by atoms with Gasteiger partial charge in [0.05, 0.1) is 0 Å². The van der Waals surface area contributed by atoms with Gasteiger partial charge in [-0.3, -0.25) is 9.36 Å². The van der Waals surface area contributed by atoms with E-state index in [4.69, 9.17) is 11.6 Å². The van der Waals surface area contributed by atoms with Gasteiger partial charge in [-0.2, -0.15) is 0 Å². The number of benzene rings is 2. The second kappa shape index (κ2) is 8.78. The molecule has 0 atom stereocenters. The molecule has 2 aromatic carbocycles. The molecule has 2 fully saturated rings. The standard InChI is InChI=1S/C25H26ClFN4O2/c26-18-9-7-17(8-10-18)23-29-30(24(33)31(23)19-11-12-19)15-22(32)28-16-25(13-3-4-14-25)20-5-1-2-6-21(20)27/h1-2,5-10,19H,3-4,11-16H2,(H,28,32). The van der Waals surface area contributed by atoms with Crippen molar-refractivity contribution in [2.24, 2.45) is 0 Å². The van der Waals surface area contributed by atoms with E-state index in [0.29, 0.717) is 23.0 Å². The van der Waals surface area contributed by atoms with E-state index in [2.05, 4.69) is 10.4 Å². The number of nitrogens with zero attached hydrogens (tertiary/aromatic N) is 3. The van der Waals surface area contributed by atoms with Crippen LogP contribution in [0.2, 0.25) is 5.02 Å². The third-order valence-electron chi connectivity index (χ3n) is 6.81. The first-order chi connectivity index (χ1) is 16.0. The van der Waals surface area contributed by atoms with Gasteiger partial charge in [-0.05, 0) is 61.6 Å². The van der Waals surface area contributed by atoms with Crippen molar-refractivity contribution in [2.45, 2.75) is 56.5 Å². The number of rotatable bonds is 7. The SMILES string of the molecule is O=C(Cn1nc(-c2ccc(Cl)cc2)n(C2CC2)c1=O)NCC1(c2ccccc2F)CCCC1. The van der Waals surface area contributed by atoms with Crippen LogP contribution in [0.4, 0.5) is 4.39 Å². The monoisotopic (exact) mass is 468 g/mol. The van der Waals surface area contributed by atoms with E-state index in [9.17, 15) is 14.0 Å². The molecule has 1 heterocycles. The molecule has 0 bridgehead atoms. The summed E-state index contributed by atoms with van der Waals surface area (Å²) in [5.41, 5.74) is 0.741. The van der Waals surface area contributed by atoms with Crippen molar-refractivity contribution in [1.29, 1.82) is 0 Å². The summed E-state index contributed by atoms with van der Waals surface area (Å²) in [7, 11) is 0. The van der Waals surface area contributed by atoms with Crippen molar-refractivity contribution >= 4 is 17.5 Å². The molecule has 1 amide bonds. The highest BCUT2D eigenvalue weighted by Gasteiger charge is 2.38. The van der Waals surface area contributed by atoms with E-state index in [-0.39, 0.29) is 30.0 Å².